The Kier molecular flexibility index (Phi) is 6.96. The van der Waals surface area contributed by atoms with E-state index in [1.165, 1.54) is 0 Å². The van der Waals surface area contributed by atoms with Crippen molar-refractivity contribution in [2.45, 2.75) is 44.8 Å². The summed E-state index contributed by atoms with van der Waals surface area (Å²) in [5, 5.41) is 7.06. The van der Waals surface area contributed by atoms with Gasteiger partial charge in [0.1, 0.15) is 0 Å². The highest BCUT2D eigenvalue weighted by molar-refractivity contribution is 4.77. The molecule has 1 aliphatic heterocycles. The lowest BCUT2D eigenvalue weighted by Crippen LogP contribution is -2.46. The molecular formula is C12H26N2O2. The Hall–Kier alpha value is -0.160. The molecule has 16 heavy (non-hydrogen) atoms. The quantitative estimate of drug-likeness (QED) is 0.678. The molecule has 0 aromatic rings. The van der Waals surface area contributed by atoms with Crippen molar-refractivity contribution in [3.05, 3.63) is 0 Å². The molecule has 1 fully saturated rings. The standard InChI is InChI=1S/C12H26N2O2/c1-10(4-6-15-3)14-11(2)8-12-9-16-7-5-13-12/h10-14H,4-9H2,1-3H3. The van der Waals surface area contributed by atoms with Crippen molar-refractivity contribution in [3.8, 4) is 0 Å². The van der Waals surface area contributed by atoms with E-state index in [0.29, 0.717) is 18.1 Å². The third-order valence-corrected chi connectivity index (χ3v) is 2.96. The molecular weight excluding hydrogens is 204 g/mol. The summed E-state index contributed by atoms with van der Waals surface area (Å²) in [7, 11) is 1.75. The van der Waals surface area contributed by atoms with Gasteiger partial charge in [-0.2, -0.15) is 0 Å². The third kappa shape index (κ3) is 5.80. The van der Waals surface area contributed by atoms with Crippen LogP contribution in [0.2, 0.25) is 0 Å². The molecule has 3 atom stereocenters. The van der Waals surface area contributed by atoms with Crippen LogP contribution < -0.4 is 10.6 Å². The van der Waals surface area contributed by atoms with E-state index in [1.807, 2.05) is 0 Å². The van der Waals surface area contributed by atoms with E-state index in [0.717, 1.165) is 39.2 Å². The molecule has 2 N–H and O–H groups in total. The molecule has 0 bridgehead atoms. The predicted octanol–water partition coefficient (Wildman–Crippen LogP) is 0.768. The average molecular weight is 230 g/mol. The molecule has 4 nitrogen and oxygen atoms in total. The van der Waals surface area contributed by atoms with Crippen molar-refractivity contribution in [1.29, 1.82) is 0 Å². The maximum atomic E-state index is 5.44. The Morgan fingerprint density at radius 1 is 1.44 bits per heavy atom. The summed E-state index contributed by atoms with van der Waals surface area (Å²) in [6.07, 6.45) is 2.19. The molecule has 96 valence electrons. The van der Waals surface area contributed by atoms with E-state index in [2.05, 4.69) is 24.5 Å². The molecule has 1 saturated heterocycles. The lowest BCUT2D eigenvalue weighted by molar-refractivity contribution is 0.0706. The van der Waals surface area contributed by atoms with Gasteiger partial charge in [0, 0.05) is 38.4 Å². The minimum atomic E-state index is 0.505. The van der Waals surface area contributed by atoms with E-state index in [9.17, 15) is 0 Å². The van der Waals surface area contributed by atoms with Crippen LogP contribution in [0.25, 0.3) is 0 Å². The highest BCUT2D eigenvalue weighted by atomic mass is 16.5. The molecule has 0 saturated carbocycles. The van der Waals surface area contributed by atoms with Gasteiger partial charge in [0.25, 0.3) is 0 Å². The number of hydrogen-bond acceptors (Lipinski definition) is 4. The minimum absolute atomic E-state index is 0.505. The molecule has 0 aliphatic carbocycles. The second kappa shape index (κ2) is 8.01. The van der Waals surface area contributed by atoms with Gasteiger partial charge >= 0.3 is 0 Å². The summed E-state index contributed by atoms with van der Waals surface area (Å²) >= 11 is 0. The second-order valence-corrected chi connectivity index (χ2v) is 4.71. The molecule has 0 amide bonds. The first-order valence-corrected chi connectivity index (χ1v) is 6.28. The predicted molar refractivity (Wildman–Crippen MR) is 65.8 cm³/mol. The van der Waals surface area contributed by atoms with E-state index in [4.69, 9.17) is 9.47 Å². The Morgan fingerprint density at radius 2 is 2.25 bits per heavy atom. The fourth-order valence-electron chi connectivity index (χ4n) is 2.13. The number of ether oxygens (including phenoxy) is 2. The van der Waals surface area contributed by atoms with Crippen LogP contribution in [0.3, 0.4) is 0 Å². The van der Waals surface area contributed by atoms with Gasteiger partial charge in [0.2, 0.25) is 0 Å². The number of hydrogen-bond donors (Lipinski definition) is 2. The summed E-state index contributed by atoms with van der Waals surface area (Å²) < 4.78 is 10.5. The van der Waals surface area contributed by atoms with E-state index in [-0.39, 0.29) is 0 Å². The highest BCUT2D eigenvalue weighted by Gasteiger charge is 2.17. The van der Waals surface area contributed by atoms with Crippen molar-refractivity contribution >= 4 is 0 Å². The number of nitrogens with one attached hydrogen (secondary N) is 2. The van der Waals surface area contributed by atoms with Crippen LogP contribution in [-0.4, -0.2) is 51.6 Å². The number of methoxy groups -OCH3 is 1. The Labute approximate surface area is 99.1 Å². The molecule has 4 heteroatoms. The average Bonchev–Trinajstić information content (AvgIpc) is 2.27. The highest BCUT2D eigenvalue weighted by Crippen LogP contribution is 2.04. The van der Waals surface area contributed by atoms with Crippen molar-refractivity contribution < 1.29 is 9.47 Å². The lowest BCUT2D eigenvalue weighted by Gasteiger charge is -2.28. The largest absolute Gasteiger partial charge is 0.385 e. The van der Waals surface area contributed by atoms with Crippen LogP contribution in [0.15, 0.2) is 0 Å². The van der Waals surface area contributed by atoms with Crippen LogP contribution in [-0.2, 0) is 9.47 Å². The van der Waals surface area contributed by atoms with Gasteiger partial charge in [-0.15, -0.1) is 0 Å². The zero-order valence-corrected chi connectivity index (χ0v) is 10.8. The molecule has 0 aromatic carbocycles. The summed E-state index contributed by atoms with van der Waals surface area (Å²) in [4.78, 5) is 0. The van der Waals surface area contributed by atoms with Crippen molar-refractivity contribution in [2.24, 2.45) is 0 Å². The van der Waals surface area contributed by atoms with Gasteiger partial charge in [0.15, 0.2) is 0 Å². The van der Waals surface area contributed by atoms with Gasteiger partial charge < -0.3 is 20.1 Å². The lowest BCUT2D eigenvalue weighted by atomic mass is 10.1. The summed E-state index contributed by atoms with van der Waals surface area (Å²) in [5.41, 5.74) is 0. The fourth-order valence-corrected chi connectivity index (χ4v) is 2.13. The van der Waals surface area contributed by atoms with Gasteiger partial charge in [-0.3, -0.25) is 0 Å². The first-order valence-electron chi connectivity index (χ1n) is 6.28. The summed E-state index contributed by atoms with van der Waals surface area (Å²) in [5.74, 6) is 0. The van der Waals surface area contributed by atoms with E-state index in [1.54, 1.807) is 7.11 Å². The molecule has 1 rings (SSSR count). The Bertz CT molecular complexity index is 172. The first kappa shape index (κ1) is 13.9. The molecule has 0 aromatic heterocycles. The zero-order chi connectivity index (χ0) is 11.8. The topological polar surface area (TPSA) is 42.5 Å². The normalized spacial score (nSPS) is 25.3. The molecule has 0 radical (unpaired) electrons. The van der Waals surface area contributed by atoms with Crippen LogP contribution >= 0.6 is 0 Å². The van der Waals surface area contributed by atoms with Gasteiger partial charge in [-0.05, 0) is 26.7 Å². The van der Waals surface area contributed by atoms with Crippen LogP contribution in [0.5, 0.6) is 0 Å². The maximum Gasteiger partial charge on any atom is 0.0620 e. The van der Waals surface area contributed by atoms with Gasteiger partial charge in [0.05, 0.1) is 13.2 Å². The second-order valence-electron chi connectivity index (χ2n) is 4.71. The summed E-state index contributed by atoms with van der Waals surface area (Å²) in [6.45, 7) is 7.95. The fraction of sp³-hybridized carbons (Fsp3) is 1.00. The van der Waals surface area contributed by atoms with E-state index < -0.39 is 0 Å². The number of morpholine rings is 1. The van der Waals surface area contributed by atoms with Crippen molar-refractivity contribution in [3.63, 3.8) is 0 Å². The minimum Gasteiger partial charge on any atom is -0.385 e. The maximum absolute atomic E-state index is 5.44. The van der Waals surface area contributed by atoms with Crippen LogP contribution in [0, 0.1) is 0 Å². The molecule has 0 spiro atoms. The van der Waals surface area contributed by atoms with Crippen LogP contribution in [0.1, 0.15) is 26.7 Å². The van der Waals surface area contributed by atoms with Gasteiger partial charge in [-0.1, -0.05) is 0 Å². The Morgan fingerprint density at radius 3 is 2.88 bits per heavy atom. The third-order valence-electron chi connectivity index (χ3n) is 2.96. The molecule has 3 unspecified atom stereocenters. The zero-order valence-electron chi connectivity index (χ0n) is 10.8. The van der Waals surface area contributed by atoms with Gasteiger partial charge in [-0.25, -0.2) is 0 Å². The smallest absolute Gasteiger partial charge is 0.0620 e. The SMILES string of the molecule is COCCC(C)NC(C)CC1COCCN1. The van der Waals surface area contributed by atoms with Crippen molar-refractivity contribution in [2.75, 3.05) is 33.5 Å². The Balaban J connectivity index is 2.11. The van der Waals surface area contributed by atoms with E-state index >= 15 is 0 Å². The van der Waals surface area contributed by atoms with Crippen LogP contribution in [0.4, 0.5) is 0 Å². The summed E-state index contributed by atoms with van der Waals surface area (Å²) in [6, 6.07) is 1.54. The number of rotatable bonds is 7. The first-order chi connectivity index (χ1) is 7.72. The molecule has 1 aliphatic rings. The molecule has 1 heterocycles. The van der Waals surface area contributed by atoms with Crippen molar-refractivity contribution in [1.82, 2.24) is 10.6 Å². The monoisotopic (exact) mass is 230 g/mol.